The van der Waals surface area contributed by atoms with Crippen molar-refractivity contribution in [3.8, 4) is 0 Å². The minimum atomic E-state index is -0.561. The SMILES string of the molecule is CN1CCC(CN(C)C(=O)c2ccc(F)nc2)CC1. The minimum Gasteiger partial charge on any atom is -0.341 e. The molecule has 1 fully saturated rings. The second kappa shape index (κ2) is 6.10. The van der Waals surface area contributed by atoms with Crippen LogP contribution in [0, 0.1) is 11.9 Å². The van der Waals surface area contributed by atoms with Crippen molar-refractivity contribution in [1.29, 1.82) is 0 Å². The third kappa shape index (κ3) is 3.73. The number of nitrogens with zero attached hydrogens (tertiary/aromatic N) is 3. The number of carbonyl (C=O) groups excluding carboxylic acids is 1. The van der Waals surface area contributed by atoms with Gasteiger partial charge in [-0.3, -0.25) is 4.79 Å². The Balaban J connectivity index is 1.90. The third-order valence-corrected chi connectivity index (χ3v) is 3.69. The molecule has 0 spiro atoms. The molecule has 0 bridgehead atoms. The number of hydrogen-bond donors (Lipinski definition) is 0. The molecule has 2 rings (SSSR count). The second-order valence-corrected chi connectivity index (χ2v) is 5.30. The summed E-state index contributed by atoms with van der Waals surface area (Å²) >= 11 is 0. The molecule has 5 heteroatoms. The summed E-state index contributed by atoms with van der Waals surface area (Å²) < 4.78 is 12.7. The summed E-state index contributed by atoms with van der Waals surface area (Å²) in [5.41, 5.74) is 0.442. The molecule has 4 nitrogen and oxygen atoms in total. The molecule has 0 unspecified atom stereocenters. The first kappa shape index (κ1) is 13.9. The smallest absolute Gasteiger partial charge is 0.255 e. The molecule has 1 aromatic heterocycles. The van der Waals surface area contributed by atoms with Gasteiger partial charge >= 0.3 is 0 Å². The van der Waals surface area contributed by atoms with E-state index in [9.17, 15) is 9.18 Å². The van der Waals surface area contributed by atoms with Gasteiger partial charge in [-0.2, -0.15) is 4.39 Å². The van der Waals surface area contributed by atoms with Gasteiger partial charge in [0.25, 0.3) is 5.91 Å². The molecule has 0 aromatic carbocycles. The minimum absolute atomic E-state index is 0.0913. The number of amides is 1. The molecule has 0 N–H and O–H groups in total. The molecule has 1 amide bonds. The summed E-state index contributed by atoms with van der Waals surface area (Å²) in [5.74, 6) is -0.0977. The Kier molecular flexibility index (Phi) is 4.47. The van der Waals surface area contributed by atoms with Crippen LogP contribution in [-0.4, -0.2) is 54.4 Å². The topological polar surface area (TPSA) is 36.4 Å². The van der Waals surface area contributed by atoms with Crippen LogP contribution in [0.2, 0.25) is 0 Å². The van der Waals surface area contributed by atoms with Gasteiger partial charge in [-0.15, -0.1) is 0 Å². The Morgan fingerprint density at radius 2 is 2.16 bits per heavy atom. The fourth-order valence-electron chi connectivity index (χ4n) is 2.44. The van der Waals surface area contributed by atoms with E-state index >= 15 is 0 Å². The predicted molar refractivity (Wildman–Crippen MR) is 71.4 cm³/mol. The maximum absolute atomic E-state index is 12.7. The van der Waals surface area contributed by atoms with Crippen LogP contribution in [-0.2, 0) is 0 Å². The zero-order chi connectivity index (χ0) is 13.8. The predicted octanol–water partition coefficient (Wildman–Crippen LogP) is 1.63. The van der Waals surface area contributed by atoms with Crippen molar-refractivity contribution in [3.63, 3.8) is 0 Å². The molecular weight excluding hydrogens is 245 g/mol. The number of likely N-dealkylation sites (tertiary alicyclic amines) is 1. The number of piperidine rings is 1. The first-order valence-corrected chi connectivity index (χ1v) is 6.62. The number of hydrogen-bond acceptors (Lipinski definition) is 3. The highest BCUT2D eigenvalue weighted by Crippen LogP contribution is 2.17. The van der Waals surface area contributed by atoms with Crippen molar-refractivity contribution in [2.24, 2.45) is 5.92 Å². The van der Waals surface area contributed by atoms with E-state index in [-0.39, 0.29) is 5.91 Å². The summed E-state index contributed by atoms with van der Waals surface area (Å²) in [6.45, 7) is 2.93. The van der Waals surface area contributed by atoms with Crippen LogP contribution in [0.3, 0.4) is 0 Å². The van der Waals surface area contributed by atoms with Crippen LogP contribution in [0.15, 0.2) is 18.3 Å². The summed E-state index contributed by atoms with van der Waals surface area (Å²) in [4.78, 5) is 19.7. The number of pyridine rings is 1. The Hall–Kier alpha value is -1.49. The normalized spacial score (nSPS) is 17.4. The first-order chi connectivity index (χ1) is 9.06. The monoisotopic (exact) mass is 265 g/mol. The molecular formula is C14H20FN3O. The Bertz CT molecular complexity index is 427. The van der Waals surface area contributed by atoms with Crippen molar-refractivity contribution >= 4 is 5.91 Å². The Morgan fingerprint density at radius 1 is 1.47 bits per heavy atom. The van der Waals surface area contributed by atoms with Crippen molar-refractivity contribution in [1.82, 2.24) is 14.8 Å². The molecule has 2 heterocycles. The molecule has 0 atom stereocenters. The van der Waals surface area contributed by atoms with E-state index < -0.39 is 5.95 Å². The van der Waals surface area contributed by atoms with Crippen LogP contribution >= 0.6 is 0 Å². The van der Waals surface area contributed by atoms with Crippen molar-refractivity contribution in [2.45, 2.75) is 12.8 Å². The molecule has 1 saturated heterocycles. The van der Waals surface area contributed by atoms with Crippen LogP contribution in [0.25, 0.3) is 0 Å². The summed E-state index contributed by atoms with van der Waals surface area (Å²) in [5, 5.41) is 0. The molecule has 1 aliphatic heterocycles. The number of halogens is 1. The van der Waals surface area contributed by atoms with E-state index in [1.54, 1.807) is 11.9 Å². The molecule has 19 heavy (non-hydrogen) atoms. The standard InChI is InChI=1S/C14H20FN3O/c1-17-7-5-11(6-8-17)10-18(2)14(19)12-3-4-13(15)16-9-12/h3-4,9,11H,5-8,10H2,1-2H3. The van der Waals surface area contributed by atoms with Crippen molar-refractivity contribution in [2.75, 3.05) is 33.7 Å². The summed E-state index contributed by atoms with van der Waals surface area (Å²) in [7, 11) is 3.92. The maximum Gasteiger partial charge on any atom is 0.255 e. The van der Waals surface area contributed by atoms with Gasteiger partial charge in [0.05, 0.1) is 5.56 Å². The summed E-state index contributed by atoms with van der Waals surface area (Å²) in [6, 6.07) is 2.70. The molecule has 1 aliphatic rings. The number of carbonyl (C=O) groups is 1. The first-order valence-electron chi connectivity index (χ1n) is 6.62. The third-order valence-electron chi connectivity index (χ3n) is 3.69. The van der Waals surface area contributed by atoms with Crippen LogP contribution in [0.4, 0.5) is 4.39 Å². The highest BCUT2D eigenvalue weighted by molar-refractivity contribution is 5.93. The van der Waals surface area contributed by atoms with Crippen LogP contribution in [0.5, 0.6) is 0 Å². The van der Waals surface area contributed by atoms with Gasteiger partial charge in [-0.05, 0) is 51.0 Å². The molecule has 0 saturated carbocycles. The Morgan fingerprint density at radius 3 is 2.74 bits per heavy atom. The van der Waals surface area contributed by atoms with Gasteiger partial charge < -0.3 is 9.80 Å². The van der Waals surface area contributed by atoms with E-state index in [1.807, 2.05) is 0 Å². The number of aromatic nitrogens is 1. The van der Waals surface area contributed by atoms with Gasteiger partial charge in [0.2, 0.25) is 5.95 Å². The van der Waals surface area contributed by atoms with Gasteiger partial charge in [0.15, 0.2) is 0 Å². The van der Waals surface area contributed by atoms with Crippen molar-refractivity contribution in [3.05, 3.63) is 29.8 Å². The zero-order valence-corrected chi connectivity index (χ0v) is 11.5. The average molecular weight is 265 g/mol. The van der Waals surface area contributed by atoms with Gasteiger partial charge in [0.1, 0.15) is 0 Å². The largest absolute Gasteiger partial charge is 0.341 e. The molecule has 0 radical (unpaired) electrons. The van der Waals surface area contributed by atoms with E-state index in [0.717, 1.165) is 32.5 Å². The molecule has 0 aliphatic carbocycles. The Labute approximate surface area is 113 Å². The van der Waals surface area contributed by atoms with E-state index in [2.05, 4.69) is 16.9 Å². The van der Waals surface area contributed by atoms with Crippen molar-refractivity contribution < 1.29 is 9.18 Å². The zero-order valence-electron chi connectivity index (χ0n) is 11.5. The lowest BCUT2D eigenvalue weighted by Gasteiger charge is -2.31. The van der Waals surface area contributed by atoms with Gasteiger partial charge in [0, 0.05) is 19.8 Å². The molecule has 1 aromatic rings. The molecule has 104 valence electrons. The van der Waals surface area contributed by atoms with E-state index in [4.69, 9.17) is 0 Å². The van der Waals surface area contributed by atoms with Gasteiger partial charge in [-0.25, -0.2) is 4.98 Å². The lowest BCUT2D eigenvalue weighted by molar-refractivity contribution is 0.0746. The second-order valence-electron chi connectivity index (χ2n) is 5.30. The lowest BCUT2D eigenvalue weighted by atomic mass is 9.96. The fraction of sp³-hybridized carbons (Fsp3) is 0.571. The fourth-order valence-corrected chi connectivity index (χ4v) is 2.44. The highest BCUT2D eigenvalue weighted by Gasteiger charge is 2.21. The highest BCUT2D eigenvalue weighted by atomic mass is 19.1. The van der Waals surface area contributed by atoms with Gasteiger partial charge in [-0.1, -0.05) is 0 Å². The lowest BCUT2D eigenvalue weighted by Crippen LogP contribution is -2.38. The van der Waals surface area contributed by atoms with E-state index in [1.165, 1.54) is 18.3 Å². The van der Waals surface area contributed by atoms with Crippen LogP contribution < -0.4 is 0 Å². The number of rotatable bonds is 3. The maximum atomic E-state index is 12.7. The van der Waals surface area contributed by atoms with E-state index in [0.29, 0.717) is 11.5 Å². The average Bonchev–Trinajstić information content (AvgIpc) is 2.41. The summed E-state index contributed by atoms with van der Waals surface area (Å²) in [6.07, 6.45) is 3.54. The quantitative estimate of drug-likeness (QED) is 0.779. The van der Waals surface area contributed by atoms with Crippen LogP contribution in [0.1, 0.15) is 23.2 Å².